The van der Waals surface area contributed by atoms with Gasteiger partial charge in [-0.3, -0.25) is 4.79 Å². The quantitative estimate of drug-likeness (QED) is 0.837. The fourth-order valence-corrected chi connectivity index (χ4v) is 3.19. The van der Waals surface area contributed by atoms with Gasteiger partial charge in [0, 0.05) is 38.3 Å². The lowest BCUT2D eigenvalue weighted by Crippen LogP contribution is -2.40. The second-order valence-corrected chi connectivity index (χ2v) is 5.90. The summed E-state index contributed by atoms with van der Waals surface area (Å²) < 4.78 is 5.51. The van der Waals surface area contributed by atoms with Crippen molar-refractivity contribution >= 4 is 11.7 Å². The first-order valence-electron chi connectivity index (χ1n) is 8.22. The number of aromatic nitrogens is 3. The van der Waals surface area contributed by atoms with Gasteiger partial charge >= 0.3 is 0 Å². The first kappa shape index (κ1) is 16.4. The van der Waals surface area contributed by atoms with E-state index in [1.807, 2.05) is 19.1 Å². The first-order valence-corrected chi connectivity index (χ1v) is 8.22. The van der Waals surface area contributed by atoms with Crippen LogP contribution in [0.4, 0.5) is 5.82 Å². The largest absolute Gasteiger partial charge is 0.380 e. The smallest absolute Gasteiger partial charge is 0.253 e. The summed E-state index contributed by atoms with van der Waals surface area (Å²) in [5.41, 5.74) is 1.67. The summed E-state index contributed by atoms with van der Waals surface area (Å²) in [5.74, 6) is 0.816. The number of hydrogen-bond acceptors (Lipinski definition) is 5. The summed E-state index contributed by atoms with van der Waals surface area (Å²) in [6.45, 7) is 3.34. The molecule has 2 aromatic heterocycles. The van der Waals surface area contributed by atoms with E-state index in [0.29, 0.717) is 12.1 Å². The number of methoxy groups -OCH3 is 1. The van der Waals surface area contributed by atoms with E-state index in [2.05, 4.69) is 25.2 Å². The van der Waals surface area contributed by atoms with Gasteiger partial charge in [0.05, 0.1) is 17.7 Å². The number of aryl methyl sites for hydroxylation is 1. The predicted octanol–water partition coefficient (Wildman–Crippen LogP) is 1.39. The minimum Gasteiger partial charge on any atom is -0.380 e. The maximum atomic E-state index is 12.4. The number of nitrogens with zero attached hydrogens (tertiary/aromatic N) is 3. The number of aromatic amines is 1. The van der Waals surface area contributed by atoms with Crippen LogP contribution in [0.3, 0.4) is 0 Å². The molecule has 0 saturated carbocycles. The molecule has 3 heterocycles. The number of anilines is 1. The highest BCUT2D eigenvalue weighted by Crippen LogP contribution is 2.24. The lowest BCUT2D eigenvalue weighted by atomic mass is 10.1. The van der Waals surface area contributed by atoms with Crippen molar-refractivity contribution in [1.29, 1.82) is 0 Å². The van der Waals surface area contributed by atoms with Crippen molar-refractivity contribution in [3.05, 3.63) is 42.1 Å². The van der Waals surface area contributed by atoms with Crippen LogP contribution < -0.4 is 10.2 Å². The maximum absolute atomic E-state index is 12.4. The van der Waals surface area contributed by atoms with Crippen molar-refractivity contribution in [1.82, 2.24) is 20.3 Å². The summed E-state index contributed by atoms with van der Waals surface area (Å²) in [5, 5.41) is 3.05. The summed E-state index contributed by atoms with van der Waals surface area (Å²) >= 11 is 0. The summed E-state index contributed by atoms with van der Waals surface area (Å²) in [6, 6.07) is 3.86. The fraction of sp³-hybridized carbons (Fsp3) is 0.471. The normalized spacial score (nSPS) is 20.3. The van der Waals surface area contributed by atoms with Crippen LogP contribution in [-0.2, 0) is 11.2 Å². The van der Waals surface area contributed by atoms with Crippen LogP contribution in [0.25, 0.3) is 0 Å². The summed E-state index contributed by atoms with van der Waals surface area (Å²) in [4.78, 5) is 26.0. The second kappa shape index (κ2) is 7.44. The van der Waals surface area contributed by atoms with Crippen LogP contribution in [-0.4, -0.2) is 53.2 Å². The highest BCUT2D eigenvalue weighted by molar-refractivity contribution is 5.95. The van der Waals surface area contributed by atoms with E-state index in [1.54, 1.807) is 25.8 Å². The van der Waals surface area contributed by atoms with Gasteiger partial charge in [-0.15, -0.1) is 0 Å². The Morgan fingerprint density at radius 2 is 2.38 bits per heavy atom. The molecule has 0 unspecified atom stereocenters. The first-order chi connectivity index (χ1) is 11.7. The molecular weight excluding hydrogens is 306 g/mol. The third-order valence-electron chi connectivity index (χ3n) is 4.50. The Morgan fingerprint density at radius 1 is 1.50 bits per heavy atom. The number of carbonyl (C=O) groups excluding carboxylic acids is 1. The molecule has 24 heavy (non-hydrogen) atoms. The van der Waals surface area contributed by atoms with Gasteiger partial charge in [-0.1, -0.05) is 6.92 Å². The average molecular weight is 329 g/mol. The molecule has 128 valence electrons. The van der Waals surface area contributed by atoms with Crippen LogP contribution in [0.5, 0.6) is 0 Å². The van der Waals surface area contributed by atoms with Crippen molar-refractivity contribution in [2.24, 2.45) is 0 Å². The topological polar surface area (TPSA) is 83.1 Å². The highest BCUT2D eigenvalue weighted by atomic mass is 16.5. The lowest BCUT2D eigenvalue weighted by molar-refractivity contribution is 0.0945. The second-order valence-electron chi connectivity index (χ2n) is 5.90. The van der Waals surface area contributed by atoms with Gasteiger partial charge in [-0.2, -0.15) is 0 Å². The minimum atomic E-state index is -0.0448. The average Bonchev–Trinajstić information content (AvgIpc) is 3.26. The number of nitrogens with one attached hydrogen (secondary N) is 2. The zero-order chi connectivity index (χ0) is 16.9. The minimum absolute atomic E-state index is 0.0448. The van der Waals surface area contributed by atoms with Crippen LogP contribution in [0.15, 0.2) is 30.9 Å². The van der Waals surface area contributed by atoms with Gasteiger partial charge < -0.3 is 19.9 Å². The van der Waals surface area contributed by atoms with Gasteiger partial charge in [-0.25, -0.2) is 9.97 Å². The molecule has 0 bridgehead atoms. The predicted molar refractivity (Wildman–Crippen MR) is 91.1 cm³/mol. The van der Waals surface area contributed by atoms with Crippen molar-refractivity contribution in [3.63, 3.8) is 0 Å². The van der Waals surface area contributed by atoms with Crippen molar-refractivity contribution in [2.75, 3.05) is 25.1 Å². The third kappa shape index (κ3) is 3.41. The Bertz CT molecular complexity index is 673. The Balaban J connectivity index is 1.67. The van der Waals surface area contributed by atoms with E-state index < -0.39 is 0 Å². The van der Waals surface area contributed by atoms with Crippen LogP contribution in [0.1, 0.15) is 29.4 Å². The SMILES string of the molecule is CCc1[nH]ccc1C(=O)NC[C@H]1C[C@@H](OC)CN1c1ccncn1. The molecule has 2 atom stereocenters. The molecule has 7 heteroatoms. The van der Waals surface area contributed by atoms with E-state index in [9.17, 15) is 4.79 Å². The number of amides is 1. The van der Waals surface area contributed by atoms with Gasteiger partial charge in [-0.05, 0) is 25.0 Å². The van der Waals surface area contributed by atoms with Crippen LogP contribution >= 0.6 is 0 Å². The van der Waals surface area contributed by atoms with E-state index in [1.165, 1.54) is 0 Å². The molecule has 1 fully saturated rings. The van der Waals surface area contributed by atoms with Gasteiger partial charge in [0.25, 0.3) is 5.91 Å². The number of carbonyl (C=O) groups is 1. The molecule has 1 amide bonds. The maximum Gasteiger partial charge on any atom is 0.253 e. The van der Waals surface area contributed by atoms with Crippen molar-refractivity contribution < 1.29 is 9.53 Å². The molecule has 1 aliphatic rings. The van der Waals surface area contributed by atoms with Gasteiger partial charge in [0.1, 0.15) is 12.1 Å². The Labute approximate surface area is 141 Å². The molecule has 7 nitrogen and oxygen atoms in total. The molecule has 1 saturated heterocycles. The monoisotopic (exact) mass is 329 g/mol. The Kier molecular flexibility index (Phi) is 5.10. The molecule has 3 rings (SSSR count). The number of ether oxygens (including phenoxy) is 1. The molecule has 2 N–H and O–H groups in total. The van der Waals surface area contributed by atoms with Crippen LogP contribution in [0.2, 0.25) is 0 Å². The Morgan fingerprint density at radius 3 is 3.08 bits per heavy atom. The van der Waals surface area contributed by atoms with E-state index >= 15 is 0 Å². The molecule has 1 aliphatic heterocycles. The van der Waals surface area contributed by atoms with Gasteiger partial charge in [0.2, 0.25) is 0 Å². The summed E-state index contributed by atoms with van der Waals surface area (Å²) in [7, 11) is 1.72. The lowest BCUT2D eigenvalue weighted by Gasteiger charge is -2.25. The van der Waals surface area contributed by atoms with E-state index in [-0.39, 0.29) is 18.1 Å². The van der Waals surface area contributed by atoms with E-state index in [4.69, 9.17) is 4.74 Å². The Hall–Kier alpha value is -2.41. The number of hydrogen-bond donors (Lipinski definition) is 2. The summed E-state index contributed by atoms with van der Waals surface area (Å²) in [6.07, 6.45) is 6.87. The molecule has 0 radical (unpaired) electrons. The highest BCUT2D eigenvalue weighted by Gasteiger charge is 2.33. The van der Waals surface area contributed by atoms with E-state index in [0.717, 1.165) is 30.9 Å². The number of H-pyrrole nitrogens is 1. The third-order valence-corrected chi connectivity index (χ3v) is 4.50. The zero-order valence-corrected chi connectivity index (χ0v) is 14.0. The molecule has 2 aromatic rings. The molecule has 0 spiro atoms. The van der Waals surface area contributed by atoms with Crippen LogP contribution in [0, 0.1) is 0 Å². The standard InChI is InChI=1S/C17H23N5O2/c1-3-15-14(4-7-19-15)17(23)20-9-12-8-13(24-2)10-22(12)16-5-6-18-11-21-16/h4-7,11-13,19H,3,8-10H2,1-2H3,(H,20,23)/t12-,13-/m1/s1. The molecule has 0 aliphatic carbocycles. The van der Waals surface area contributed by atoms with Crippen molar-refractivity contribution in [3.8, 4) is 0 Å². The molecule has 0 aromatic carbocycles. The fourth-order valence-electron chi connectivity index (χ4n) is 3.19. The zero-order valence-electron chi connectivity index (χ0n) is 14.0. The van der Waals surface area contributed by atoms with Gasteiger partial charge in [0.15, 0.2) is 0 Å². The molecular formula is C17H23N5O2. The van der Waals surface area contributed by atoms with Crippen molar-refractivity contribution in [2.45, 2.75) is 31.9 Å². The number of rotatable bonds is 6.